The predicted octanol–water partition coefficient (Wildman–Crippen LogP) is 2.34. The maximum absolute atomic E-state index is 13.5. The second-order valence-electron chi connectivity index (χ2n) is 7.63. The van der Waals surface area contributed by atoms with Crippen LogP contribution in [0.5, 0.6) is 0 Å². The third-order valence-electron chi connectivity index (χ3n) is 5.28. The molecule has 1 aliphatic rings. The normalized spacial score (nSPS) is 14.7. The first kappa shape index (κ1) is 25.1. The highest BCUT2D eigenvalue weighted by molar-refractivity contribution is 6.46. The lowest BCUT2D eigenvalue weighted by Gasteiger charge is -2.27. The SMILES string of the molecule is CCC[C@H](c1ccc(C(=O)NC/C(N)=N/NNC)cc1)N1CN=C(c2ccc(F)c(Cl)c2)C1=O. The van der Waals surface area contributed by atoms with Gasteiger partial charge in [-0.1, -0.05) is 37.1 Å². The van der Waals surface area contributed by atoms with E-state index >= 15 is 0 Å². The number of hydrazone groups is 1. The van der Waals surface area contributed by atoms with Crippen molar-refractivity contribution in [2.24, 2.45) is 15.8 Å². The van der Waals surface area contributed by atoms with Crippen LogP contribution in [0.4, 0.5) is 4.39 Å². The minimum atomic E-state index is -0.550. The highest BCUT2D eigenvalue weighted by atomic mass is 35.5. The molecule has 1 heterocycles. The van der Waals surface area contributed by atoms with Crippen molar-refractivity contribution in [1.29, 1.82) is 0 Å². The molecular weight excluding hydrogens is 461 g/mol. The molecule has 2 aromatic carbocycles. The molecule has 3 rings (SSSR count). The molecule has 2 amide bonds. The maximum Gasteiger partial charge on any atom is 0.274 e. The van der Waals surface area contributed by atoms with Crippen LogP contribution < -0.4 is 22.0 Å². The van der Waals surface area contributed by atoms with Gasteiger partial charge in [0.25, 0.3) is 11.8 Å². The van der Waals surface area contributed by atoms with Crippen molar-refractivity contribution < 1.29 is 14.0 Å². The van der Waals surface area contributed by atoms with E-state index in [-0.39, 0.29) is 47.6 Å². The highest BCUT2D eigenvalue weighted by Crippen LogP contribution is 2.30. The smallest absolute Gasteiger partial charge is 0.274 e. The molecule has 0 aliphatic carbocycles. The Morgan fingerprint density at radius 2 is 2.03 bits per heavy atom. The van der Waals surface area contributed by atoms with Crippen LogP contribution in [-0.4, -0.2) is 48.5 Å². The summed E-state index contributed by atoms with van der Waals surface area (Å²) in [6.07, 6.45) is 1.56. The monoisotopic (exact) mass is 487 g/mol. The molecule has 0 radical (unpaired) electrons. The van der Waals surface area contributed by atoms with Crippen LogP contribution in [0.15, 0.2) is 52.6 Å². The number of halogens is 2. The lowest BCUT2D eigenvalue weighted by molar-refractivity contribution is -0.125. The Balaban J connectivity index is 1.71. The van der Waals surface area contributed by atoms with Gasteiger partial charge < -0.3 is 16.0 Å². The van der Waals surface area contributed by atoms with Crippen LogP contribution in [0, 0.1) is 5.82 Å². The van der Waals surface area contributed by atoms with Crippen molar-refractivity contribution in [1.82, 2.24) is 21.2 Å². The van der Waals surface area contributed by atoms with Crippen molar-refractivity contribution in [2.45, 2.75) is 25.8 Å². The second-order valence-corrected chi connectivity index (χ2v) is 8.03. The number of rotatable bonds is 10. The molecule has 180 valence electrons. The van der Waals surface area contributed by atoms with E-state index in [2.05, 4.69) is 26.4 Å². The van der Waals surface area contributed by atoms with Gasteiger partial charge in [0.1, 0.15) is 24.0 Å². The molecule has 34 heavy (non-hydrogen) atoms. The van der Waals surface area contributed by atoms with Gasteiger partial charge in [-0.25, -0.2) is 15.4 Å². The van der Waals surface area contributed by atoms with Crippen molar-refractivity contribution >= 4 is 35.0 Å². The van der Waals surface area contributed by atoms with Crippen LogP contribution in [0.2, 0.25) is 5.02 Å². The Labute approximate surface area is 202 Å². The van der Waals surface area contributed by atoms with E-state index in [1.807, 2.05) is 19.1 Å². The molecule has 0 unspecified atom stereocenters. The Hall–Kier alpha value is -3.50. The lowest BCUT2D eigenvalue weighted by atomic mass is 9.98. The standard InChI is InChI=1S/C23H27ClFN7O2/c1-3-4-19(32-13-29-21(23(32)34)16-9-10-18(25)17(24)11-16)14-5-7-15(8-6-14)22(33)28-12-20(26)30-31-27-2/h5-11,19,27,31H,3-4,12-13H2,1-2H3,(H2,26,30)(H,28,33)/t19-/m1/s1. The lowest BCUT2D eigenvalue weighted by Crippen LogP contribution is -2.36. The Kier molecular flexibility index (Phi) is 8.55. The van der Waals surface area contributed by atoms with E-state index in [0.29, 0.717) is 11.1 Å². The summed E-state index contributed by atoms with van der Waals surface area (Å²) in [6, 6.07) is 11.0. The third-order valence-corrected chi connectivity index (χ3v) is 5.56. The van der Waals surface area contributed by atoms with Gasteiger partial charge >= 0.3 is 0 Å². The Morgan fingerprint density at radius 3 is 2.68 bits per heavy atom. The van der Waals surface area contributed by atoms with Crippen LogP contribution in [-0.2, 0) is 4.79 Å². The molecule has 2 aromatic rings. The van der Waals surface area contributed by atoms with Crippen molar-refractivity contribution in [3.63, 3.8) is 0 Å². The number of nitrogens with two attached hydrogens (primary N) is 1. The number of carbonyl (C=O) groups is 2. The van der Waals surface area contributed by atoms with Gasteiger partial charge in [0.15, 0.2) is 0 Å². The number of aliphatic imine (C=N–C) groups is 1. The average Bonchev–Trinajstić information content (AvgIpc) is 3.22. The molecule has 0 fully saturated rings. The molecule has 0 bridgehead atoms. The van der Waals surface area contributed by atoms with Crippen LogP contribution >= 0.6 is 11.6 Å². The molecule has 0 spiro atoms. The predicted molar refractivity (Wildman–Crippen MR) is 130 cm³/mol. The largest absolute Gasteiger partial charge is 0.384 e. The quantitative estimate of drug-likeness (QED) is 0.232. The van der Waals surface area contributed by atoms with E-state index in [1.165, 1.54) is 18.2 Å². The van der Waals surface area contributed by atoms with Gasteiger partial charge in [-0.2, -0.15) is 0 Å². The summed E-state index contributed by atoms with van der Waals surface area (Å²) in [4.78, 5) is 31.6. The fraction of sp³-hybridized carbons (Fsp3) is 0.304. The molecule has 0 saturated heterocycles. The third kappa shape index (κ3) is 5.89. The first-order valence-corrected chi connectivity index (χ1v) is 11.2. The van der Waals surface area contributed by atoms with Crippen LogP contribution in [0.25, 0.3) is 0 Å². The van der Waals surface area contributed by atoms with Gasteiger partial charge in [0.05, 0.1) is 17.6 Å². The van der Waals surface area contributed by atoms with Crippen molar-refractivity contribution in [3.8, 4) is 0 Å². The number of hydrazine groups is 1. The summed E-state index contributed by atoms with van der Waals surface area (Å²) in [6.45, 7) is 2.31. The first-order valence-electron chi connectivity index (χ1n) is 10.8. The summed E-state index contributed by atoms with van der Waals surface area (Å²) in [7, 11) is 1.64. The Bertz CT molecular complexity index is 1100. The van der Waals surface area contributed by atoms with E-state index in [4.69, 9.17) is 17.3 Å². The molecule has 5 N–H and O–H groups in total. The van der Waals surface area contributed by atoms with E-state index < -0.39 is 5.82 Å². The fourth-order valence-corrected chi connectivity index (χ4v) is 3.77. The second kappa shape index (κ2) is 11.6. The zero-order valence-electron chi connectivity index (χ0n) is 18.9. The maximum atomic E-state index is 13.5. The van der Waals surface area contributed by atoms with Crippen LogP contribution in [0.1, 0.15) is 47.3 Å². The van der Waals surface area contributed by atoms with Gasteiger partial charge in [0.2, 0.25) is 0 Å². The molecule has 9 nitrogen and oxygen atoms in total. The van der Waals surface area contributed by atoms with Gasteiger partial charge in [-0.15, -0.1) is 5.10 Å². The zero-order valence-corrected chi connectivity index (χ0v) is 19.7. The molecule has 0 saturated carbocycles. The summed E-state index contributed by atoms with van der Waals surface area (Å²) < 4.78 is 13.5. The summed E-state index contributed by atoms with van der Waals surface area (Å²) in [5, 5.41) is 6.43. The molecule has 1 atom stereocenters. The van der Waals surface area contributed by atoms with Gasteiger partial charge in [0, 0.05) is 18.2 Å². The average molecular weight is 488 g/mol. The summed E-state index contributed by atoms with van der Waals surface area (Å²) in [5.41, 5.74) is 12.9. The summed E-state index contributed by atoms with van der Waals surface area (Å²) >= 11 is 5.88. The van der Waals surface area contributed by atoms with Gasteiger partial charge in [-0.05, 0) is 42.3 Å². The molecule has 11 heteroatoms. The number of hydrogen-bond donors (Lipinski definition) is 4. The number of carbonyl (C=O) groups excluding carboxylic acids is 2. The number of nitrogens with one attached hydrogen (secondary N) is 3. The number of nitrogens with zero attached hydrogens (tertiary/aromatic N) is 3. The minimum absolute atomic E-state index is 0.0586. The van der Waals surface area contributed by atoms with E-state index in [0.717, 1.165) is 18.4 Å². The number of benzene rings is 2. The number of amidine groups is 1. The molecule has 1 aliphatic heterocycles. The summed E-state index contributed by atoms with van der Waals surface area (Å²) in [5.74, 6) is -0.871. The van der Waals surface area contributed by atoms with Crippen molar-refractivity contribution in [3.05, 3.63) is 70.0 Å². The minimum Gasteiger partial charge on any atom is -0.384 e. The topological polar surface area (TPSA) is 124 Å². The van der Waals surface area contributed by atoms with Gasteiger partial charge in [-0.3, -0.25) is 14.6 Å². The number of amides is 2. The molecule has 0 aromatic heterocycles. The van der Waals surface area contributed by atoms with Crippen molar-refractivity contribution in [2.75, 3.05) is 20.3 Å². The highest BCUT2D eigenvalue weighted by Gasteiger charge is 2.33. The first-order chi connectivity index (χ1) is 16.3. The van der Waals surface area contributed by atoms with Crippen LogP contribution in [0.3, 0.4) is 0 Å². The fourth-order valence-electron chi connectivity index (χ4n) is 3.59. The van der Waals surface area contributed by atoms with E-state index in [9.17, 15) is 14.0 Å². The molecular formula is C23H27ClFN7O2. The zero-order chi connectivity index (χ0) is 24.7. The Morgan fingerprint density at radius 1 is 1.29 bits per heavy atom. The number of hydrogen-bond acceptors (Lipinski definition) is 6. The van der Waals surface area contributed by atoms with E-state index in [1.54, 1.807) is 24.1 Å².